The zero-order chi connectivity index (χ0) is 45.6. The van der Waals surface area contributed by atoms with Crippen molar-refractivity contribution in [1.82, 2.24) is 5.32 Å². The van der Waals surface area contributed by atoms with Crippen LogP contribution >= 0.6 is 7.82 Å². The Bertz CT molecular complexity index is 1370. The second-order valence-electron chi connectivity index (χ2n) is 15.6. The Balaban J connectivity index is 3.94. The first-order valence-electron chi connectivity index (χ1n) is 23.6. The number of rotatable bonds is 43. The minimum absolute atomic E-state index is 0.118. The quantitative estimate of drug-likeness (QED) is 0.0200. The van der Waals surface area contributed by atoms with Crippen LogP contribution in [0.2, 0.25) is 0 Å². The number of esters is 1. The van der Waals surface area contributed by atoms with Crippen molar-refractivity contribution in [2.24, 2.45) is 0 Å². The molecule has 0 heterocycles. The van der Waals surface area contributed by atoms with Crippen LogP contribution in [0.3, 0.4) is 0 Å². The van der Waals surface area contributed by atoms with Crippen LogP contribution < -0.4 is 5.32 Å². The molecule has 11 nitrogen and oxygen atoms in total. The summed E-state index contributed by atoms with van der Waals surface area (Å²) in [4.78, 5) is 46.0. The normalized spacial score (nSPS) is 14.4. The second-order valence-corrected chi connectivity index (χ2v) is 17.0. The van der Waals surface area contributed by atoms with Gasteiger partial charge in [-0.1, -0.05) is 163 Å². The first kappa shape index (κ1) is 58.7. The van der Waals surface area contributed by atoms with Crippen molar-refractivity contribution in [2.75, 3.05) is 19.8 Å². The van der Waals surface area contributed by atoms with Gasteiger partial charge in [0.2, 0.25) is 5.91 Å². The van der Waals surface area contributed by atoms with E-state index < -0.39 is 57.6 Å². The molecule has 3 atom stereocenters. The Morgan fingerprint density at radius 3 is 1.40 bits per heavy atom. The highest BCUT2D eigenvalue weighted by Gasteiger charge is 2.28. The highest BCUT2D eigenvalue weighted by atomic mass is 31.2. The fourth-order valence-corrected chi connectivity index (χ4v) is 6.79. The van der Waals surface area contributed by atoms with Crippen LogP contribution in [0.1, 0.15) is 181 Å². The summed E-state index contributed by atoms with van der Waals surface area (Å²) >= 11 is 0. The number of carbonyl (C=O) groups is 3. The molecule has 354 valence electrons. The summed E-state index contributed by atoms with van der Waals surface area (Å²) in [5.41, 5.74) is 0. The maximum atomic E-state index is 12.3. The number of hydrogen-bond acceptors (Lipinski definition) is 8. The smallest absolute Gasteiger partial charge is 0.472 e. The van der Waals surface area contributed by atoms with Gasteiger partial charge in [-0.25, -0.2) is 9.36 Å². The van der Waals surface area contributed by atoms with Crippen LogP contribution in [0.25, 0.3) is 0 Å². The molecule has 0 radical (unpaired) electrons. The van der Waals surface area contributed by atoms with Crippen molar-refractivity contribution in [3.05, 3.63) is 85.1 Å². The van der Waals surface area contributed by atoms with E-state index in [0.29, 0.717) is 12.8 Å². The number of nitrogens with one attached hydrogen (secondary N) is 1. The molecule has 12 heteroatoms. The molecule has 0 aliphatic carbocycles. The number of aliphatic hydroxyl groups is 1. The van der Waals surface area contributed by atoms with Gasteiger partial charge in [-0.3, -0.25) is 18.6 Å². The number of hydrogen-bond donors (Lipinski definition) is 4. The molecule has 0 aliphatic rings. The van der Waals surface area contributed by atoms with Gasteiger partial charge in [-0.05, 0) is 89.9 Å². The van der Waals surface area contributed by atoms with E-state index in [2.05, 4.69) is 104 Å². The Morgan fingerprint density at radius 2 is 0.935 bits per heavy atom. The second kappa shape index (κ2) is 44.3. The third-order valence-electron chi connectivity index (χ3n) is 9.67. The monoisotopic (exact) mass is 890 g/mol. The number of carboxylic acid groups (broad SMARTS) is 1. The van der Waals surface area contributed by atoms with Gasteiger partial charge in [0.1, 0.15) is 12.7 Å². The van der Waals surface area contributed by atoms with Crippen LogP contribution in [0.15, 0.2) is 85.1 Å². The van der Waals surface area contributed by atoms with E-state index in [1.54, 1.807) is 0 Å². The molecule has 0 aromatic heterocycles. The SMILES string of the molecule is CC/C=C\C/C=C\C/C=C\C/C=C\C/C=C\CCCCCCCC(=O)NC(COP(=O)(O)OCC(O)COC(=O)CCCCCCCCC/C=C\C/C=C\CCCCC)C(=O)O. The van der Waals surface area contributed by atoms with Gasteiger partial charge in [-0.15, -0.1) is 0 Å². The summed E-state index contributed by atoms with van der Waals surface area (Å²) in [6, 6.07) is -1.56. The molecule has 4 N–H and O–H groups in total. The average Bonchev–Trinajstić information content (AvgIpc) is 3.25. The number of ether oxygens (including phenoxy) is 1. The average molecular weight is 890 g/mol. The standard InChI is InChI=1S/C50H84NO10P/c1-3-5-7-9-11-13-15-17-19-21-22-23-24-26-27-29-31-33-35-37-39-41-48(53)51-47(50(55)56)45-61-62(57,58)60-44-46(52)43-59-49(54)42-40-38-36-34-32-30-28-25-20-18-16-14-12-10-8-6-4-2/h5,7,11-14,17-20,22-23,26-27,46-47,52H,3-4,6,8-10,15-16,21,24-25,28-45H2,1-2H3,(H,51,53)(H,55,56)(H,57,58)/b7-5-,13-11-,14-12-,19-17-,20-18-,23-22-,27-26-. The number of phosphoric acid groups is 1. The Hall–Kier alpha value is -3.34. The molecule has 0 aromatic carbocycles. The van der Waals surface area contributed by atoms with E-state index in [9.17, 15) is 34.1 Å². The summed E-state index contributed by atoms with van der Waals surface area (Å²) in [6.07, 6.45) is 54.5. The number of aliphatic hydroxyl groups excluding tert-OH is 1. The molecular formula is C50H84NO10P. The number of carbonyl (C=O) groups excluding carboxylic acids is 2. The summed E-state index contributed by atoms with van der Waals surface area (Å²) in [5, 5.41) is 21.9. The third-order valence-corrected chi connectivity index (χ3v) is 10.6. The largest absolute Gasteiger partial charge is 0.480 e. The van der Waals surface area contributed by atoms with Crippen molar-refractivity contribution in [2.45, 2.75) is 193 Å². The first-order valence-corrected chi connectivity index (χ1v) is 25.1. The van der Waals surface area contributed by atoms with E-state index >= 15 is 0 Å². The highest BCUT2D eigenvalue weighted by molar-refractivity contribution is 7.47. The molecule has 1 amide bonds. The zero-order valence-electron chi connectivity index (χ0n) is 38.4. The Kier molecular flexibility index (Phi) is 41.9. The van der Waals surface area contributed by atoms with Gasteiger partial charge < -0.3 is 25.2 Å². The van der Waals surface area contributed by atoms with Crippen molar-refractivity contribution in [3.63, 3.8) is 0 Å². The highest BCUT2D eigenvalue weighted by Crippen LogP contribution is 2.43. The van der Waals surface area contributed by atoms with E-state index in [4.69, 9.17) is 13.8 Å². The van der Waals surface area contributed by atoms with Crippen molar-refractivity contribution in [1.29, 1.82) is 0 Å². The molecular weight excluding hydrogens is 806 g/mol. The molecule has 0 saturated carbocycles. The van der Waals surface area contributed by atoms with Gasteiger partial charge >= 0.3 is 19.8 Å². The molecule has 0 bridgehead atoms. The molecule has 0 aliphatic heterocycles. The number of unbranched alkanes of at least 4 members (excludes halogenated alkanes) is 15. The van der Waals surface area contributed by atoms with Crippen molar-refractivity contribution < 1.29 is 47.8 Å². The van der Waals surface area contributed by atoms with Crippen LogP contribution in [-0.2, 0) is 32.7 Å². The lowest BCUT2D eigenvalue weighted by Gasteiger charge is -2.18. The summed E-state index contributed by atoms with van der Waals surface area (Å²) in [7, 11) is -4.77. The van der Waals surface area contributed by atoms with Gasteiger partial charge in [0, 0.05) is 12.8 Å². The number of carboxylic acids is 1. The number of allylic oxidation sites excluding steroid dienone is 14. The third kappa shape index (κ3) is 43.3. The van der Waals surface area contributed by atoms with Crippen molar-refractivity contribution in [3.8, 4) is 0 Å². The molecule has 3 unspecified atom stereocenters. The summed E-state index contributed by atoms with van der Waals surface area (Å²) < 4.78 is 26.9. The molecule has 0 fully saturated rings. The maximum Gasteiger partial charge on any atom is 0.472 e. The van der Waals surface area contributed by atoms with Crippen LogP contribution in [0, 0.1) is 0 Å². The van der Waals surface area contributed by atoms with Gasteiger partial charge in [-0.2, -0.15) is 0 Å². The zero-order valence-corrected chi connectivity index (χ0v) is 39.3. The molecule has 0 rings (SSSR count). The lowest BCUT2D eigenvalue weighted by atomic mass is 10.1. The first-order chi connectivity index (χ1) is 30.1. The van der Waals surface area contributed by atoms with E-state index in [1.807, 2.05) is 0 Å². The summed E-state index contributed by atoms with van der Waals surface area (Å²) in [5.74, 6) is -2.42. The Morgan fingerprint density at radius 1 is 0.532 bits per heavy atom. The minimum Gasteiger partial charge on any atom is -0.480 e. The van der Waals surface area contributed by atoms with E-state index in [0.717, 1.165) is 96.3 Å². The lowest BCUT2D eigenvalue weighted by molar-refractivity contribution is -0.147. The number of aliphatic carboxylic acids is 1. The van der Waals surface area contributed by atoms with Crippen molar-refractivity contribution >= 4 is 25.7 Å². The lowest BCUT2D eigenvalue weighted by Crippen LogP contribution is -2.43. The molecule has 62 heavy (non-hydrogen) atoms. The van der Waals surface area contributed by atoms with Gasteiger partial charge in [0.15, 0.2) is 6.04 Å². The predicted octanol–water partition coefficient (Wildman–Crippen LogP) is 12.7. The number of phosphoric ester groups is 1. The van der Waals surface area contributed by atoms with Crippen LogP contribution in [0.5, 0.6) is 0 Å². The van der Waals surface area contributed by atoms with Crippen LogP contribution in [0.4, 0.5) is 0 Å². The fraction of sp³-hybridized carbons (Fsp3) is 0.660. The molecule has 0 aromatic rings. The predicted molar refractivity (Wildman–Crippen MR) is 254 cm³/mol. The fourth-order valence-electron chi connectivity index (χ4n) is 6.02. The molecule has 0 saturated heterocycles. The minimum atomic E-state index is -4.77. The summed E-state index contributed by atoms with van der Waals surface area (Å²) in [6.45, 7) is 2.43. The van der Waals surface area contributed by atoms with Gasteiger partial charge in [0.25, 0.3) is 0 Å². The van der Waals surface area contributed by atoms with E-state index in [-0.39, 0.29) is 12.8 Å². The van der Waals surface area contributed by atoms with E-state index in [1.165, 1.54) is 44.9 Å². The van der Waals surface area contributed by atoms with Gasteiger partial charge in [0.05, 0.1) is 13.2 Å². The van der Waals surface area contributed by atoms with Crippen LogP contribution in [-0.4, -0.2) is 64.9 Å². The maximum absolute atomic E-state index is 12.3. The number of amides is 1. The Labute approximate surface area is 375 Å². The topological polar surface area (TPSA) is 169 Å². The molecule has 0 spiro atoms.